The first-order chi connectivity index (χ1) is 4.66. The Morgan fingerprint density at radius 3 is 2.70 bits per heavy atom. The van der Waals surface area contributed by atoms with E-state index in [0.29, 0.717) is 5.25 Å². The molecule has 0 fully saturated rings. The van der Waals surface area contributed by atoms with Crippen molar-refractivity contribution in [3.8, 4) is 0 Å². The van der Waals surface area contributed by atoms with Crippen molar-refractivity contribution in [3.05, 3.63) is 0 Å². The van der Waals surface area contributed by atoms with Gasteiger partial charge >= 0.3 is 5.97 Å². The van der Waals surface area contributed by atoms with Crippen LogP contribution in [-0.4, -0.2) is 22.6 Å². The second-order valence-electron chi connectivity index (χ2n) is 2.01. The third-order valence-corrected chi connectivity index (χ3v) is 3.34. The van der Waals surface area contributed by atoms with Crippen molar-refractivity contribution in [1.82, 2.24) is 0 Å². The Morgan fingerprint density at radius 1 is 1.70 bits per heavy atom. The highest BCUT2D eigenvalue weighted by Gasteiger charge is 2.04. The smallest absolute Gasteiger partial charge is 0.303 e. The molecule has 0 amide bonds. The zero-order chi connectivity index (χ0) is 7.98. The highest BCUT2D eigenvalue weighted by Crippen LogP contribution is 2.25. The molecule has 1 atom stereocenters. The van der Waals surface area contributed by atoms with Crippen LogP contribution in [0.25, 0.3) is 0 Å². The van der Waals surface area contributed by atoms with Crippen molar-refractivity contribution in [1.29, 1.82) is 0 Å². The van der Waals surface area contributed by atoms with Gasteiger partial charge in [-0.1, -0.05) is 28.5 Å². The number of carbonyl (C=O) groups is 1. The molecule has 0 unspecified atom stereocenters. The van der Waals surface area contributed by atoms with Gasteiger partial charge in [-0.05, 0) is 12.7 Å². The van der Waals surface area contributed by atoms with Crippen molar-refractivity contribution in [2.24, 2.45) is 0 Å². The lowest BCUT2D eigenvalue weighted by Gasteiger charge is -2.05. The Bertz CT molecular complexity index is 106. The topological polar surface area (TPSA) is 37.3 Å². The van der Waals surface area contributed by atoms with Crippen LogP contribution in [0.15, 0.2) is 0 Å². The summed E-state index contributed by atoms with van der Waals surface area (Å²) in [5.74, 6) is -0.700. The monoisotopic (exact) mass is 180 g/mol. The molecule has 0 saturated heterocycles. The first-order valence-electron chi connectivity index (χ1n) is 3.08. The van der Waals surface area contributed by atoms with Gasteiger partial charge in [-0.2, -0.15) is 0 Å². The van der Waals surface area contributed by atoms with Crippen molar-refractivity contribution >= 4 is 27.6 Å². The Hall–Kier alpha value is 0.170. The number of hydrogen-bond donors (Lipinski definition) is 1. The fourth-order valence-corrected chi connectivity index (χ4v) is 2.36. The lowest BCUT2D eigenvalue weighted by Crippen LogP contribution is -2.00. The van der Waals surface area contributed by atoms with Gasteiger partial charge in [0.2, 0.25) is 0 Å². The van der Waals surface area contributed by atoms with Gasteiger partial charge in [0.15, 0.2) is 0 Å². The molecule has 0 bridgehead atoms. The minimum Gasteiger partial charge on any atom is -0.481 e. The molecule has 0 saturated carbocycles. The molecular formula is C6H12O2S2. The third kappa shape index (κ3) is 6.29. The van der Waals surface area contributed by atoms with Crippen LogP contribution >= 0.6 is 21.6 Å². The molecule has 60 valence electrons. The predicted octanol–water partition coefficient (Wildman–Crippen LogP) is 2.25. The maximum absolute atomic E-state index is 10.1. The van der Waals surface area contributed by atoms with E-state index in [9.17, 15) is 4.79 Å². The molecule has 2 nitrogen and oxygen atoms in total. The summed E-state index contributed by atoms with van der Waals surface area (Å²) in [7, 11) is 3.41. The highest BCUT2D eigenvalue weighted by molar-refractivity contribution is 8.76. The standard InChI is InChI=1S/C6H12O2S2/c1-5(10-9-2)3-4-6(7)8/h5H,3-4H2,1-2H3,(H,7,8)/t5-/m1/s1. The molecule has 0 aliphatic heterocycles. The van der Waals surface area contributed by atoms with Crippen molar-refractivity contribution in [2.75, 3.05) is 6.26 Å². The first-order valence-corrected chi connectivity index (χ1v) is 5.70. The molecule has 0 aromatic heterocycles. The number of carboxylic acid groups (broad SMARTS) is 1. The van der Waals surface area contributed by atoms with E-state index in [-0.39, 0.29) is 6.42 Å². The van der Waals surface area contributed by atoms with Crippen LogP contribution in [0.4, 0.5) is 0 Å². The SMILES string of the molecule is CSS[C@H](C)CCC(=O)O. The van der Waals surface area contributed by atoms with Gasteiger partial charge in [-0.15, -0.1) is 0 Å². The summed E-state index contributed by atoms with van der Waals surface area (Å²) in [6.07, 6.45) is 3.05. The molecule has 4 heteroatoms. The van der Waals surface area contributed by atoms with E-state index in [2.05, 4.69) is 0 Å². The van der Waals surface area contributed by atoms with Gasteiger partial charge in [0.25, 0.3) is 0 Å². The molecule has 0 spiro atoms. The van der Waals surface area contributed by atoms with Gasteiger partial charge in [-0.25, -0.2) is 0 Å². The minimum absolute atomic E-state index is 0.286. The molecule has 0 rings (SSSR count). The van der Waals surface area contributed by atoms with Crippen molar-refractivity contribution in [2.45, 2.75) is 25.0 Å². The molecule has 0 heterocycles. The third-order valence-electron chi connectivity index (χ3n) is 1.03. The molecule has 0 radical (unpaired) electrons. The molecule has 0 aliphatic rings. The fraction of sp³-hybridized carbons (Fsp3) is 0.833. The molecule has 0 aromatic carbocycles. The van der Waals surface area contributed by atoms with E-state index in [1.54, 1.807) is 21.6 Å². The number of carboxylic acids is 1. The molecule has 10 heavy (non-hydrogen) atoms. The van der Waals surface area contributed by atoms with E-state index in [1.165, 1.54) is 0 Å². The Morgan fingerprint density at radius 2 is 2.30 bits per heavy atom. The number of rotatable bonds is 5. The van der Waals surface area contributed by atoms with Crippen LogP contribution in [0.1, 0.15) is 19.8 Å². The second-order valence-corrected chi connectivity index (χ2v) is 4.91. The average Bonchev–Trinajstić information content (AvgIpc) is 1.85. The summed E-state index contributed by atoms with van der Waals surface area (Å²) in [4.78, 5) is 10.1. The maximum atomic E-state index is 10.1. The summed E-state index contributed by atoms with van der Waals surface area (Å²) < 4.78 is 0. The van der Waals surface area contributed by atoms with Crippen molar-refractivity contribution < 1.29 is 9.90 Å². The second kappa shape index (κ2) is 5.92. The summed E-state index contributed by atoms with van der Waals surface area (Å²) in [6, 6.07) is 0. The van der Waals surface area contributed by atoms with Crippen molar-refractivity contribution in [3.63, 3.8) is 0 Å². The van der Waals surface area contributed by atoms with E-state index >= 15 is 0 Å². The van der Waals surface area contributed by atoms with Gasteiger partial charge in [-0.3, -0.25) is 4.79 Å². The molecule has 0 aromatic rings. The van der Waals surface area contributed by atoms with Crippen LogP contribution in [0.2, 0.25) is 0 Å². The van der Waals surface area contributed by atoms with Crippen LogP contribution in [-0.2, 0) is 4.79 Å². The zero-order valence-corrected chi connectivity index (χ0v) is 7.80. The van der Waals surface area contributed by atoms with E-state index in [0.717, 1.165) is 6.42 Å². The van der Waals surface area contributed by atoms with Gasteiger partial charge < -0.3 is 5.11 Å². The van der Waals surface area contributed by atoms with E-state index in [1.807, 2.05) is 13.2 Å². The van der Waals surface area contributed by atoms with E-state index < -0.39 is 5.97 Å². The normalized spacial score (nSPS) is 13.0. The zero-order valence-electron chi connectivity index (χ0n) is 6.16. The number of hydrogen-bond acceptors (Lipinski definition) is 3. The predicted molar refractivity (Wildman–Crippen MR) is 47.4 cm³/mol. The fourth-order valence-electron chi connectivity index (χ4n) is 0.539. The molecule has 1 N–H and O–H groups in total. The van der Waals surface area contributed by atoms with Crippen LogP contribution < -0.4 is 0 Å². The largest absolute Gasteiger partial charge is 0.481 e. The quantitative estimate of drug-likeness (QED) is 0.658. The average molecular weight is 180 g/mol. The lowest BCUT2D eigenvalue weighted by molar-refractivity contribution is -0.137. The van der Waals surface area contributed by atoms with Gasteiger partial charge in [0, 0.05) is 11.7 Å². The Kier molecular flexibility index (Phi) is 6.02. The van der Waals surface area contributed by atoms with Crippen LogP contribution in [0.5, 0.6) is 0 Å². The molecular weight excluding hydrogens is 168 g/mol. The summed E-state index contributed by atoms with van der Waals surface area (Å²) in [6.45, 7) is 2.05. The van der Waals surface area contributed by atoms with Crippen LogP contribution in [0, 0.1) is 0 Å². The first kappa shape index (κ1) is 10.2. The van der Waals surface area contributed by atoms with E-state index in [4.69, 9.17) is 5.11 Å². The van der Waals surface area contributed by atoms with Crippen LogP contribution in [0.3, 0.4) is 0 Å². The summed E-state index contributed by atoms with van der Waals surface area (Å²) in [5.41, 5.74) is 0. The summed E-state index contributed by atoms with van der Waals surface area (Å²) in [5, 5.41) is 8.76. The molecule has 0 aliphatic carbocycles. The Labute approximate surface area is 69.2 Å². The minimum atomic E-state index is -0.700. The van der Waals surface area contributed by atoms with Gasteiger partial charge in [0.1, 0.15) is 0 Å². The summed E-state index contributed by atoms with van der Waals surface area (Å²) >= 11 is 0. The lowest BCUT2D eigenvalue weighted by atomic mass is 10.2. The Balaban J connectivity index is 3.21. The highest BCUT2D eigenvalue weighted by atomic mass is 33.1. The van der Waals surface area contributed by atoms with Gasteiger partial charge in [0.05, 0.1) is 0 Å². The number of aliphatic carboxylic acids is 1. The maximum Gasteiger partial charge on any atom is 0.303 e.